The fourth-order valence-electron chi connectivity index (χ4n) is 1.95. The van der Waals surface area contributed by atoms with E-state index in [9.17, 15) is 4.79 Å². The number of halogens is 1. The van der Waals surface area contributed by atoms with Crippen molar-refractivity contribution in [3.63, 3.8) is 0 Å². The van der Waals surface area contributed by atoms with Crippen LogP contribution in [0.3, 0.4) is 0 Å². The molecule has 1 N–H and O–H groups in total. The van der Waals surface area contributed by atoms with Crippen molar-refractivity contribution >= 4 is 17.4 Å². The lowest BCUT2D eigenvalue weighted by molar-refractivity contribution is 0.447. The maximum atomic E-state index is 11.5. The van der Waals surface area contributed by atoms with Gasteiger partial charge in [0.15, 0.2) is 5.82 Å². The Hall–Kier alpha value is -1.03. The minimum Gasteiger partial charge on any atom is -0.352 e. The smallest absolute Gasteiger partial charge is 0.290 e. The summed E-state index contributed by atoms with van der Waals surface area (Å²) in [6.07, 6.45) is 5.38. The molecule has 2 rings (SSSR count). The van der Waals surface area contributed by atoms with Crippen LogP contribution in [0.1, 0.15) is 12.8 Å². The molecule has 0 aromatic carbocycles. The van der Waals surface area contributed by atoms with E-state index in [0.29, 0.717) is 17.6 Å². The lowest BCUT2D eigenvalue weighted by atomic mass is 10.0. The van der Waals surface area contributed by atoms with Gasteiger partial charge in [0.1, 0.15) is 0 Å². The second-order valence-electron chi connectivity index (χ2n) is 3.85. The first kappa shape index (κ1) is 10.5. The molecule has 1 aliphatic rings. The van der Waals surface area contributed by atoms with Crippen LogP contribution in [0.25, 0.3) is 0 Å². The summed E-state index contributed by atoms with van der Waals surface area (Å²) in [7, 11) is 0. The SMILES string of the molecule is O=c1[nH]ccnc1N1CCCC(CCl)C1. The number of nitrogens with zero attached hydrogens (tertiary/aromatic N) is 2. The molecule has 0 spiro atoms. The Morgan fingerprint density at radius 3 is 3.27 bits per heavy atom. The summed E-state index contributed by atoms with van der Waals surface area (Å²) >= 11 is 5.84. The molecule has 2 heterocycles. The van der Waals surface area contributed by atoms with E-state index in [0.717, 1.165) is 25.9 Å². The highest BCUT2D eigenvalue weighted by molar-refractivity contribution is 6.18. The number of hydrogen-bond acceptors (Lipinski definition) is 3. The predicted molar refractivity (Wildman–Crippen MR) is 60.5 cm³/mol. The van der Waals surface area contributed by atoms with E-state index >= 15 is 0 Å². The third kappa shape index (κ3) is 2.31. The summed E-state index contributed by atoms with van der Waals surface area (Å²) in [6.45, 7) is 1.73. The highest BCUT2D eigenvalue weighted by atomic mass is 35.5. The van der Waals surface area contributed by atoms with Gasteiger partial charge in [-0.25, -0.2) is 4.98 Å². The number of piperidine rings is 1. The van der Waals surface area contributed by atoms with Crippen molar-refractivity contribution in [3.05, 3.63) is 22.7 Å². The van der Waals surface area contributed by atoms with E-state index in [1.807, 2.05) is 4.90 Å². The lowest BCUT2D eigenvalue weighted by Gasteiger charge is -2.31. The zero-order valence-corrected chi connectivity index (χ0v) is 9.20. The third-order valence-electron chi connectivity index (χ3n) is 2.73. The summed E-state index contributed by atoms with van der Waals surface area (Å²) < 4.78 is 0. The number of alkyl halides is 1. The van der Waals surface area contributed by atoms with Crippen molar-refractivity contribution in [3.8, 4) is 0 Å². The van der Waals surface area contributed by atoms with Gasteiger partial charge in [-0.2, -0.15) is 0 Å². The van der Waals surface area contributed by atoms with Gasteiger partial charge in [0, 0.05) is 31.4 Å². The molecule has 1 aromatic heterocycles. The average Bonchev–Trinajstić information content (AvgIpc) is 2.30. The molecule has 15 heavy (non-hydrogen) atoms. The number of aromatic amines is 1. The molecular formula is C10H14ClN3O. The number of aromatic nitrogens is 2. The molecule has 1 unspecified atom stereocenters. The molecule has 1 atom stereocenters. The van der Waals surface area contributed by atoms with Crippen LogP contribution in [0, 0.1) is 5.92 Å². The van der Waals surface area contributed by atoms with Gasteiger partial charge in [-0.3, -0.25) is 4.79 Å². The van der Waals surface area contributed by atoms with Crippen LogP contribution in [0.5, 0.6) is 0 Å². The standard InChI is InChI=1S/C10H14ClN3O/c11-6-8-2-1-5-14(7-8)9-10(15)13-4-3-12-9/h3-4,8H,1-2,5-7H2,(H,13,15). The monoisotopic (exact) mass is 227 g/mol. The summed E-state index contributed by atoms with van der Waals surface area (Å²) in [5.74, 6) is 1.65. The van der Waals surface area contributed by atoms with Crippen LogP contribution in [0.15, 0.2) is 17.2 Å². The molecule has 0 radical (unpaired) electrons. The van der Waals surface area contributed by atoms with Crippen LogP contribution in [-0.4, -0.2) is 28.9 Å². The number of hydrogen-bond donors (Lipinski definition) is 1. The van der Waals surface area contributed by atoms with Gasteiger partial charge in [-0.15, -0.1) is 11.6 Å². The minimum absolute atomic E-state index is 0.118. The van der Waals surface area contributed by atoms with Crippen molar-refractivity contribution in [1.29, 1.82) is 0 Å². The van der Waals surface area contributed by atoms with Gasteiger partial charge in [-0.1, -0.05) is 0 Å². The fourth-order valence-corrected chi connectivity index (χ4v) is 2.20. The van der Waals surface area contributed by atoms with E-state index in [2.05, 4.69) is 9.97 Å². The summed E-state index contributed by atoms with van der Waals surface area (Å²) in [5, 5.41) is 0. The zero-order valence-electron chi connectivity index (χ0n) is 8.45. The van der Waals surface area contributed by atoms with Gasteiger partial charge in [0.2, 0.25) is 0 Å². The number of nitrogens with one attached hydrogen (secondary N) is 1. The Kier molecular flexibility index (Phi) is 3.26. The highest BCUT2D eigenvalue weighted by Crippen LogP contribution is 2.19. The molecule has 1 aliphatic heterocycles. The Balaban J connectivity index is 2.17. The molecule has 0 aliphatic carbocycles. The predicted octanol–water partition coefficient (Wildman–Crippen LogP) is 1.23. The highest BCUT2D eigenvalue weighted by Gasteiger charge is 2.21. The first-order valence-corrected chi connectivity index (χ1v) is 5.69. The maximum Gasteiger partial charge on any atom is 0.290 e. The number of H-pyrrole nitrogens is 1. The van der Waals surface area contributed by atoms with Crippen molar-refractivity contribution in [2.75, 3.05) is 23.9 Å². The zero-order chi connectivity index (χ0) is 10.7. The van der Waals surface area contributed by atoms with E-state index in [1.165, 1.54) is 0 Å². The number of anilines is 1. The van der Waals surface area contributed by atoms with Crippen LogP contribution in [0.2, 0.25) is 0 Å². The summed E-state index contributed by atoms with van der Waals surface area (Å²) in [4.78, 5) is 20.3. The van der Waals surface area contributed by atoms with E-state index < -0.39 is 0 Å². The molecule has 0 amide bonds. The molecule has 0 bridgehead atoms. The van der Waals surface area contributed by atoms with E-state index in [4.69, 9.17) is 11.6 Å². The molecule has 1 aromatic rings. The molecule has 82 valence electrons. The van der Waals surface area contributed by atoms with Gasteiger partial charge >= 0.3 is 0 Å². The summed E-state index contributed by atoms with van der Waals surface area (Å²) in [6, 6.07) is 0. The Morgan fingerprint density at radius 2 is 2.53 bits per heavy atom. The Morgan fingerprint density at radius 1 is 1.67 bits per heavy atom. The average molecular weight is 228 g/mol. The first-order chi connectivity index (χ1) is 7.31. The quantitative estimate of drug-likeness (QED) is 0.773. The van der Waals surface area contributed by atoms with Gasteiger partial charge < -0.3 is 9.88 Å². The van der Waals surface area contributed by atoms with Crippen molar-refractivity contribution < 1.29 is 0 Å². The fraction of sp³-hybridized carbons (Fsp3) is 0.600. The first-order valence-electron chi connectivity index (χ1n) is 5.16. The Bertz CT molecular complexity index is 379. The second kappa shape index (κ2) is 4.66. The topological polar surface area (TPSA) is 49.0 Å². The summed E-state index contributed by atoms with van der Waals surface area (Å²) in [5.41, 5.74) is -0.118. The molecule has 0 saturated carbocycles. The van der Waals surface area contributed by atoms with Crippen molar-refractivity contribution in [2.45, 2.75) is 12.8 Å². The Labute approximate surface area is 93.3 Å². The van der Waals surface area contributed by atoms with Crippen LogP contribution < -0.4 is 10.5 Å². The largest absolute Gasteiger partial charge is 0.352 e. The lowest BCUT2D eigenvalue weighted by Crippen LogP contribution is -2.39. The molecular weight excluding hydrogens is 214 g/mol. The van der Waals surface area contributed by atoms with Crippen molar-refractivity contribution in [1.82, 2.24) is 9.97 Å². The van der Waals surface area contributed by atoms with E-state index in [-0.39, 0.29) is 5.56 Å². The second-order valence-corrected chi connectivity index (χ2v) is 4.16. The molecule has 5 heteroatoms. The molecule has 1 fully saturated rings. The van der Waals surface area contributed by atoms with Crippen LogP contribution >= 0.6 is 11.6 Å². The normalized spacial score (nSPS) is 21.7. The van der Waals surface area contributed by atoms with Gasteiger partial charge in [-0.05, 0) is 18.8 Å². The third-order valence-corrected chi connectivity index (χ3v) is 3.16. The van der Waals surface area contributed by atoms with Gasteiger partial charge in [0.25, 0.3) is 5.56 Å². The van der Waals surface area contributed by atoms with Crippen molar-refractivity contribution in [2.24, 2.45) is 5.92 Å². The van der Waals surface area contributed by atoms with E-state index in [1.54, 1.807) is 12.4 Å². The van der Waals surface area contributed by atoms with Crippen LogP contribution in [0.4, 0.5) is 5.82 Å². The maximum absolute atomic E-state index is 11.5. The number of rotatable bonds is 2. The molecule has 1 saturated heterocycles. The minimum atomic E-state index is -0.118. The van der Waals surface area contributed by atoms with Crippen LogP contribution in [-0.2, 0) is 0 Å². The molecule has 4 nitrogen and oxygen atoms in total. The van der Waals surface area contributed by atoms with Gasteiger partial charge in [0.05, 0.1) is 0 Å².